The van der Waals surface area contributed by atoms with Gasteiger partial charge < -0.3 is 14.3 Å². The molecule has 2 aromatic heterocycles. The number of carbonyl (C=O) groups is 1. The van der Waals surface area contributed by atoms with Crippen molar-refractivity contribution in [2.75, 3.05) is 12.4 Å². The van der Waals surface area contributed by atoms with Crippen molar-refractivity contribution >= 4 is 26.7 Å². The molecule has 1 N–H and O–H groups in total. The Kier molecular flexibility index (Phi) is 5.12. The number of carbonyl (C=O) groups excluding carboxylic acids is 1. The van der Waals surface area contributed by atoms with E-state index in [1.54, 1.807) is 6.92 Å². The van der Waals surface area contributed by atoms with Crippen LogP contribution in [0.25, 0.3) is 22.0 Å². The van der Waals surface area contributed by atoms with Crippen molar-refractivity contribution < 1.29 is 22.3 Å². The Labute approximate surface area is 160 Å². The van der Waals surface area contributed by atoms with Crippen molar-refractivity contribution in [3.8, 4) is 11.1 Å². The number of aromatic nitrogens is 2. The summed E-state index contributed by atoms with van der Waals surface area (Å²) in [7, 11) is -2.06. The molecule has 0 aliphatic carbocycles. The lowest BCUT2D eigenvalue weighted by Gasteiger charge is -2.10. The molecule has 3 aromatic rings. The first-order chi connectivity index (χ1) is 13.2. The summed E-state index contributed by atoms with van der Waals surface area (Å²) in [5.41, 5.74) is 0.0523. The molecule has 1 aromatic carbocycles. The predicted octanol–water partition coefficient (Wildman–Crippen LogP) is 2.64. The Hall–Kier alpha value is -2.94. The van der Waals surface area contributed by atoms with Gasteiger partial charge in [-0.15, -0.1) is 0 Å². The SMILES string of the molecule is CCOC(=O)c1cc2c(-c3cc(S(=O)(=O)CC)ccc3F)cn(C)c(=O)c2[nH]1. The Morgan fingerprint density at radius 3 is 2.57 bits per heavy atom. The second kappa shape index (κ2) is 7.23. The molecule has 0 saturated heterocycles. The standard InChI is InChI=1S/C19H19FN2O5S/c1-4-27-19(24)16-9-13-14(10-22(3)18(23)17(13)21-16)12-8-11(6-7-15(12)20)28(25,26)5-2/h6-10,21H,4-5H2,1-3H3. The summed E-state index contributed by atoms with van der Waals surface area (Å²) < 4.78 is 45.2. The number of hydrogen-bond donors (Lipinski definition) is 1. The number of nitrogens with zero attached hydrogens (tertiary/aromatic N) is 1. The first-order valence-electron chi connectivity index (χ1n) is 8.61. The Balaban J connectivity index is 2.32. The molecule has 0 fully saturated rings. The molecule has 0 aliphatic rings. The van der Waals surface area contributed by atoms with E-state index in [0.717, 1.165) is 6.07 Å². The average molecular weight is 406 g/mol. The number of hydrogen-bond acceptors (Lipinski definition) is 5. The third kappa shape index (κ3) is 3.33. The predicted molar refractivity (Wildman–Crippen MR) is 103 cm³/mol. The molecular formula is C19H19FN2O5S. The van der Waals surface area contributed by atoms with Crippen LogP contribution >= 0.6 is 0 Å². The number of aromatic amines is 1. The quantitative estimate of drug-likeness (QED) is 0.519. The van der Waals surface area contributed by atoms with Gasteiger partial charge in [-0.2, -0.15) is 0 Å². The lowest BCUT2D eigenvalue weighted by Crippen LogP contribution is -2.17. The molecule has 0 saturated carbocycles. The van der Waals surface area contributed by atoms with E-state index in [1.165, 1.54) is 42.9 Å². The van der Waals surface area contributed by atoms with E-state index in [9.17, 15) is 22.4 Å². The molecule has 0 atom stereocenters. The number of aryl methyl sites for hydroxylation is 1. The van der Waals surface area contributed by atoms with Crippen LogP contribution in [0, 0.1) is 5.82 Å². The van der Waals surface area contributed by atoms with E-state index in [0.29, 0.717) is 5.39 Å². The minimum Gasteiger partial charge on any atom is -0.461 e. The summed E-state index contributed by atoms with van der Waals surface area (Å²) >= 11 is 0. The Morgan fingerprint density at radius 1 is 1.21 bits per heavy atom. The molecule has 7 nitrogen and oxygen atoms in total. The Bertz CT molecular complexity index is 1240. The lowest BCUT2D eigenvalue weighted by molar-refractivity contribution is 0.0520. The van der Waals surface area contributed by atoms with Gasteiger partial charge in [0, 0.05) is 29.8 Å². The van der Waals surface area contributed by atoms with E-state index in [1.807, 2.05) is 0 Å². The lowest BCUT2D eigenvalue weighted by atomic mass is 10.0. The molecule has 0 spiro atoms. The van der Waals surface area contributed by atoms with Gasteiger partial charge in [0.1, 0.15) is 17.0 Å². The van der Waals surface area contributed by atoms with Gasteiger partial charge in [-0.3, -0.25) is 4.79 Å². The molecule has 0 bridgehead atoms. The highest BCUT2D eigenvalue weighted by Gasteiger charge is 2.20. The summed E-state index contributed by atoms with van der Waals surface area (Å²) in [5, 5.41) is 0.302. The zero-order chi connectivity index (χ0) is 20.6. The number of nitrogens with one attached hydrogen (secondary N) is 1. The fraction of sp³-hybridized carbons (Fsp3) is 0.263. The fourth-order valence-corrected chi connectivity index (χ4v) is 3.84. The van der Waals surface area contributed by atoms with Crippen molar-refractivity contribution in [1.29, 1.82) is 0 Å². The van der Waals surface area contributed by atoms with Crippen molar-refractivity contribution in [3.05, 3.63) is 52.3 Å². The van der Waals surface area contributed by atoms with Gasteiger partial charge in [-0.25, -0.2) is 17.6 Å². The van der Waals surface area contributed by atoms with Crippen LogP contribution in [-0.2, 0) is 21.6 Å². The van der Waals surface area contributed by atoms with Crippen LogP contribution in [0.3, 0.4) is 0 Å². The largest absolute Gasteiger partial charge is 0.461 e. The number of fused-ring (bicyclic) bond motifs is 1. The van der Waals surface area contributed by atoms with E-state index >= 15 is 0 Å². The molecule has 3 rings (SSSR count). The van der Waals surface area contributed by atoms with Crippen LogP contribution in [0.2, 0.25) is 0 Å². The van der Waals surface area contributed by atoms with E-state index in [2.05, 4.69) is 4.98 Å². The summed E-state index contributed by atoms with van der Waals surface area (Å²) in [6.07, 6.45) is 1.41. The van der Waals surface area contributed by atoms with Crippen LogP contribution in [0.5, 0.6) is 0 Å². The number of sulfone groups is 1. The van der Waals surface area contributed by atoms with Gasteiger partial charge in [0.15, 0.2) is 9.84 Å². The summed E-state index contributed by atoms with van der Waals surface area (Å²) in [6, 6.07) is 4.93. The summed E-state index contributed by atoms with van der Waals surface area (Å²) in [6.45, 7) is 3.31. The topological polar surface area (TPSA) is 98.2 Å². The minimum atomic E-state index is -3.55. The van der Waals surface area contributed by atoms with Crippen LogP contribution in [-0.4, -0.2) is 36.3 Å². The summed E-state index contributed by atoms with van der Waals surface area (Å²) in [5.74, 6) is -1.42. The van der Waals surface area contributed by atoms with Crippen molar-refractivity contribution in [2.45, 2.75) is 18.7 Å². The average Bonchev–Trinajstić information content (AvgIpc) is 3.11. The van der Waals surface area contributed by atoms with Gasteiger partial charge in [-0.05, 0) is 31.2 Å². The maximum Gasteiger partial charge on any atom is 0.354 e. The second-order valence-electron chi connectivity index (χ2n) is 6.20. The van der Waals surface area contributed by atoms with Gasteiger partial charge in [0.25, 0.3) is 5.56 Å². The highest BCUT2D eigenvalue weighted by atomic mass is 32.2. The molecule has 28 heavy (non-hydrogen) atoms. The maximum absolute atomic E-state index is 14.6. The number of ether oxygens (including phenoxy) is 1. The van der Waals surface area contributed by atoms with E-state index < -0.39 is 27.2 Å². The fourth-order valence-electron chi connectivity index (χ4n) is 2.94. The number of pyridine rings is 1. The van der Waals surface area contributed by atoms with Crippen molar-refractivity contribution in [1.82, 2.24) is 9.55 Å². The highest BCUT2D eigenvalue weighted by molar-refractivity contribution is 7.91. The number of benzene rings is 1. The first kappa shape index (κ1) is 19.8. The third-order valence-electron chi connectivity index (χ3n) is 4.43. The minimum absolute atomic E-state index is 0.0181. The molecule has 0 unspecified atom stereocenters. The zero-order valence-electron chi connectivity index (χ0n) is 15.6. The summed E-state index contributed by atoms with van der Waals surface area (Å²) in [4.78, 5) is 27.2. The number of halogens is 1. The van der Waals surface area contributed by atoms with Crippen molar-refractivity contribution in [3.63, 3.8) is 0 Å². The van der Waals surface area contributed by atoms with Crippen LogP contribution in [0.15, 0.2) is 40.2 Å². The number of rotatable bonds is 5. The molecule has 0 radical (unpaired) electrons. The van der Waals surface area contributed by atoms with Gasteiger partial charge in [-0.1, -0.05) is 6.92 Å². The molecule has 148 valence electrons. The number of esters is 1. The molecule has 9 heteroatoms. The first-order valence-corrected chi connectivity index (χ1v) is 10.3. The Morgan fingerprint density at radius 2 is 1.93 bits per heavy atom. The molecule has 2 heterocycles. The third-order valence-corrected chi connectivity index (χ3v) is 6.16. The van der Waals surface area contributed by atoms with E-state index in [-0.39, 0.29) is 39.6 Å². The molecular weight excluding hydrogens is 387 g/mol. The molecule has 0 amide bonds. The second-order valence-corrected chi connectivity index (χ2v) is 8.47. The molecule has 0 aliphatic heterocycles. The van der Waals surface area contributed by atoms with Gasteiger partial charge in [0.05, 0.1) is 17.3 Å². The van der Waals surface area contributed by atoms with Crippen LogP contribution in [0.4, 0.5) is 4.39 Å². The maximum atomic E-state index is 14.6. The smallest absolute Gasteiger partial charge is 0.354 e. The van der Waals surface area contributed by atoms with E-state index in [4.69, 9.17) is 4.74 Å². The normalized spacial score (nSPS) is 11.7. The van der Waals surface area contributed by atoms with Crippen molar-refractivity contribution in [2.24, 2.45) is 7.05 Å². The zero-order valence-corrected chi connectivity index (χ0v) is 16.4. The van der Waals surface area contributed by atoms with Crippen LogP contribution < -0.4 is 5.56 Å². The number of H-pyrrole nitrogens is 1. The van der Waals surface area contributed by atoms with Gasteiger partial charge in [0.2, 0.25) is 0 Å². The monoisotopic (exact) mass is 406 g/mol. The van der Waals surface area contributed by atoms with Crippen LogP contribution in [0.1, 0.15) is 24.3 Å². The van der Waals surface area contributed by atoms with Gasteiger partial charge >= 0.3 is 5.97 Å². The highest BCUT2D eigenvalue weighted by Crippen LogP contribution is 2.31.